The number of anilines is 1. The van der Waals surface area contributed by atoms with E-state index in [0.29, 0.717) is 11.4 Å². The fraction of sp³-hybridized carbons (Fsp3) is 0.160. The maximum absolute atomic E-state index is 13.7. The standard InChI is InChI=1S/C25H22ClFN4O3/c1-16(2)30(24(33)22-9-6-12-34-22)15-23(32)29-25-28-21(17-7-4-3-5-8-17)14-31(25)18-10-11-20(27)19(26)13-18/h3-14,16H,15H2,1-2H3,(H,28,29,32). The average molecular weight is 481 g/mol. The second-order valence-corrected chi connectivity index (χ2v) is 8.24. The molecule has 0 aliphatic carbocycles. The zero-order valence-corrected chi connectivity index (χ0v) is 19.3. The van der Waals surface area contributed by atoms with E-state index in [1.54, 1.807) is 22.9 Å². The van der Waals surface area contributed by atoms with E-state index in [2.05, 4.69) is 10.3 Å². The van der Waals surface area contributed by atoms with Gasteiger partial charge >= 0.3 is 0 Å². The number of halogens is 2. The van der Waals surface area contributed by atoms with Crippen molar-refractivity contribution < 1.29 is 18.4 Å². The molecule has 1 N–H and O–H groups in total. The molecule has 0 saturated carbocycles. The van der Waals surface area contributed by atoms with Crippen molar-refractivity contribution in [2.24, 2.45) is 0 Å². The number of nitrogens with one attached hydrogen (secondary N) is 1. The van der Waals surface area contributed by atoms with Crippen LogP contribution in [-0.2, 0) is 4.79 Å². The number of hydrogen-bond acceptors (Lipinski definition) is 4. The summed E-state index contributed by atoms with van der Waals surface area (Å²) < 4.78 is 20.5. The molecule has 0 spiro atoms. The fourth-order valence-corrected chi connectivity index (χ4v) is 3.57. The molecule has 0 unspecified atom stereocenters. The number of aromatic nitrogens is 2. The van der Waals surface area contributed by atoms with Crippen LogP contribution in [0.3, 0.4) is 0 Å². The number of nitrogens with zero attached hydrogens (tertiary/aromatic N) is 3. The monoisotopic (exact) mass is 480 g/mol. The summed E-state index contributed by atoms with van der Waals surface area (Å²) in [7, 11) is 0. The minimum atomic E-state index is -0.552. The Balaban J connectivity index is 1.64. The fourth-order valence-electron chi connectivity index (χ4n) is 3.40. The molecule has 2 aromatic carbocycles. The summed E-state index contributed by atoms with van der Waals surface area (Å²) in [6.07, 6.45) is 3.13. The highest BCUT2D eigenvalue weighted by atomic mass is 35.5. The topological polar surface area (TPSA) is 80.4 Å². The van der Waals surface area contributed by atoms with Crippen LogP contribution in [0, 0.1) is 5.82 Å². The highest BCUT2D eigenvalue weighted by molar-refractivity contribution is 6.30. The molecule has 0 saturated heterocycles. The molecule has 174 valence electrons. The van der Waals surface area contributed by atoms with Crippen LogP contribution >= 0.6 is 11.6 Å². The van der Waals surface area contributed by atoms with Crippen molar-refractivity contribution in [1.82, 2.24) is 14.5 Å². The van der Waals surface area contributed by atoms with Gasteiger partial charge in [-0.25, -0.2) is 9.37 Å². The summed E-state index contributed by atoms with van der Waals surface area (Å²) in [6.45, 7) is 3.40. The first-order valence-corrected chi connectivity index (χ1v) is 11.0. The van der Waals surface area contributed by atoms with Crippen molar-refractivity contribution in [3.8, 4) is 16.9 Å². The Morgan fingerprint density at radius 1 is 1.15 bits per heavy atom. The van der Waals surface area contributed by atoms with Crippen molar-refractivity contribution in [2.75, 3.05) is 11.9 Å². The van der Waals surface area contributed by atoms with Gasteiger partial charge < -0.3 is 9.32 Å². The van der Waals surface area contributed by atoms with Crippen LogP contribution in [0.4, 0.5) is 10.3 Å². The highest BCUT2D eigenvalue weighted by Crippen LogP contribution is 2.26. The Hall–Kier alpha value is -3.91. The van der Waals surface area contributed by atoms with Crippen LogP contribution in [0.5, 0.6) is 0 Å². The van der Waals surface area contributed by atoms with Gasteiger partial charge in [0, 0.05) is 17.8 Å². The average Bonchev–Trinajstić information content (AvgIpc) is 3.50. The summed E-state index contributed by atoms with van der Waals surface area (Å²) in [5.41, 5.74) is 1.95. The Morgan fingerprint density at radius 2 is 1.91 bits per heavy atom. The molecule has 2 aromatic heterocycles. The van der Waals surface area contributed by atoms with Gasteiger partial charge in [0.2, 0.25) is 11.9 Å². The Morgan fingerprint density at radius 3 is 2.56 bits per heavy atom. The van der Waals surface area contributed by atoms with E-state index in [0.717, 1.165) is 5.56 Å². The normalized spacial score (nSPS) is 11.0. The van der Waals surface area contributed by atoms with Crippen molar-refractivity contribution >= 4 is 29.4 Å². The summed E-state index contributed by atoms with van der Waals surface area (Å²) in [5.74, 6) is -1.04. The number of amides is 2. The number of furan rings is 1. The van der Waals surface area contributed by atoms with Crippen LogP contribution < -0.4 is 5.32 Å². The summed E-state index contributed by atoms with van der Waals surface area (Å²) in [5, 5.41) is 2.71. The Kier molecular flexibility index (Phi) is 6.79. The molecule has 0 aliphatic rings. The molecule has 0 bridgehead atoms. The Labute approximate surface area is 200 Å². The molecular formula is C25H22ClFN4O3. The zero-order chi connectivity index (χ0) is 24.2. The quantitative estimate of drug-likeness (QED) is 0.383. The number of imidazole rings is 1. The number of carbonyl (C=O) groups excluding carboxylic acids is 2. The lowest BCUT2D eigenvalue weighted by molar-refractivity contribution is -0.117. The lowest BCUT2D eigenvalue weighted by atomic mass is 10.2. The highest BCUT2D eigenvalue weighted by Gasteiger charge is 2.24. The molecule has 2 amide bonds. The van der Waals surface area contributed by atoms with Gasteiger partial charge in [-0.1, -0.05) is 41.9 Å². The molecular weight excluding hydrogens is 459 g/mol. The van der Waals surface area contributed by atoms with E-state index in [1.807, 2.05) is 44.2 Å². The largest absolute Gasteiger partial charge is 0.459 e. The number of rotatable bonds is 7. The first-order valence-electron chi connectivity index (χ1n) is 10.6. The molecule has 7 nitrogen and oxygen atoms in total. The molecule has 0 radical (unpaired) electrons. The molecule has 0 fully saturated rings. The third-order valence-electron chi connectivity index (χ3n) is 5.14. The van der Waals surface area contributed by atoms with E-state index < -0.39 is 17.6 Å². The molecule has 0 aliphatic heterocycles. The third-order valence-corrected chi connectivity index (χ3v) is 5.43. The van der Waals surface area contributed by atoms with E-state index in [4.69, 9.17) is 16.0 Å². The first kappa shape index (κ1) is 23.3. The zero-order valence-electron chi connectivity index (χ0n) is 18.5. The van der Waals surface area contributed by atoms with Gasteiger partial charge in [-0.15, -0.1) is 0 Å². The van der Waals surface area contributed by atoms with Crippen LogP contribution in [0.15, 0.2) is 77.5 Å². The van der Waals surface area contributed by atoms with Gasteiger partial charge in [0.25, 0.3) is 5.91 Å². The lowest BCUT2D eigenvalue weighted by Gasteiger charge is -2.25. The first-order chi connectivity index (χ1) is 16.3. The lowest BCUT2D eigenvalue weighted by Crippen LogP contribution is -2.42. The number of carbonyl (C=O) groups is 2. The van der Waals surface area contributed by atoms with Crippen molar-refractivity contribution in [3.05, 3.63) is 89.7 Å². The van der Waals surface area contributed by atoms with Gasteiger partial charge in [0.05, 0.1) is 22.7 Å². The van der Waals surface area contributed by atoms with Crippen LogP contribution in [-0.4, -0.2) is 38.9 Å². The Bertz CT molecular complexity index is 1300. The van der Waals surface area contributed by atoms with E-state index >= 15 is 0 Å². The van der Waals surface area contributed by atoms with Gasteiger partial charge in [-0.3, -0.25) is 19.5 Å². The summed E-state index contributed by atoms with van der Waals surface area (Å²) >= 11 is 5.98. The number of hydrogen-bond donors (Lipinski definition) is 1. The molecule has 4 aromatic rings. The SMILES string of the molecule is CC(C)N(CC(=O)Nc1nc(-c2ccccc2)cn1-c1ccc(F)c(Cl)c1)C(=O)c1ccco1. The van der Waals surface area contributed by atoms with Crippen molar-refractivity contribution in [1.29, 1.82) is 0 Å². The van der Waals surface area contributed by atoms with E-state index in [-0.39, 0.29) is 29.3 Å². The van der Waals surface area contributed by atoms with Crippen molar-refractivity contribution in [3.63, 3.8) is 0 Å². The van der Waals surface area contributed by atoms with Crippen molar-refractivity contribution in [2.45, 2.75) is 19.9 Å². The van der Waals surface area contributed by atoms with Gasteiger partial charge in [0.15, 0.2) is 5.76 Å². The summed E-state index contributed by atoms with van der Waals surface area (Å²) in [4.78, 5) is 31.7. The van der Waals surface area contributed by atoms with E-state index in [9.17, 15) is 14.0 Å². The maximum Gasteiger partial charge on any atom is 0.290 e. The van der Waals surface area contributed by atoms with Crippen LogP contribution in [0.1, 0.15) is 24.4 Å². The second-order valence-electron chi connectivity index (χ2n) is 7.84. The predicted octanol–water partition coefficient (Wildman–Crippen LogP) is 5.41. The molecule has 34 heavy (non-hydrogen) atoms. The van der Waals surface area contributed by atoms with Gasteiger partial charge in [-0.05, 0) is 44.2 Å². The minimum absolute atomic E-state index is 0.0558. The van der Waals surface area contributed by atoms with Gasteiger partial charge in [-0.2, -0.15) is 0 Å². The minimum Gasteiger partial charge on any atom is -0.459 e. The molecule has 9 heteroatoms. The molecule has 0 atom stereocenters. The molecule has 2 heterocycles. The predicted molar refractivity (Wildman–Crippen MR) is 127 cm³/mol. The third kappa shape index (κ3) is 5.02. The van der Waals surface area contributed by atoms with Gasteiger partial charge in [0.1, 0.15) is 12.4 Å². The number of benzene rings is 2. The second kappa shape index (κ2) is 9.93. The van der Waals surface area contributed by atoms with Crippen LogP contribution in [0.2, 0.25) is 5.02 Å². The van der Waals surface area contributed by atoms with Crippen LogP contribution in [0.25, 0.3) is 16.9 Å². The van der Waals surface area contributed by atoms with E-state index in [1.165, 1.54) is 29.4 Å². The molecule has 4 rings (SSSR count). The maximum atomic E-state index is 13.7. The summed E-state index contributed by atoms with van der Waals surface area (Å²) in [6, 6.07) is 16.6. The smallest absolute Gasteiger partial charge is 0.290 e.